The second kappa shape index (κ2) is 6.59. The zero-order valence-corrected chi connectivity index (χ0v) is 9.07. The van der Waals surface area contributed by atoms with Gasteiger partial charge >= 0.3 is 0 Å². The minimum absolute atomic E-state index is 1.34. The number of hydrogen-bond donors (Lipinski definition) is 0. The van der Waals surface area contributed by atoms with E-state index in [1.807, 2.05) is 0 Å². The molecule has 0 bridgehead atoms. The molecule has 0 spiro atoms. The molecule has 1 saturated heterocycles. The van der Waals surface area contributed by atoms with Crippen molar-refractivity contribution in [1.82, 2.24) is 0 Å². The summed E-state index contributed by atoms with van der Waals surface area (Å²) in [5, 5.41) is 14.8. The zero-order chi connectivity index (χ0) is 11.0. The van der Waals surface area contributed by atoms with E-state index in [1.54, 1.807) is 0 Å². The second-order valence-electron chi connectivity index (χ2n) is 4.07. The maximum absolute atomic E-state index is 8.25. The maximum Gasteiger partial charge on any atom is 0.0784 e. The molecule has 1 heterocycles. The fourth-order valence-corrected chi connectivity index (χ4v) is 2.04. The predicted molar refractivity (Wildman–Crippen MR) is 55.3 cm³/mol. The SMILES string of the molecule is CCC[N+]1(C)CCCCC1.O=[N+]([O-])[O-]. The van der Waals surface area contributed by atoms with E-state index in [0.717, 1.165) is 0 Å². The summed E-state index contributed by atoms with van der Waals surface area (Å²) in [5.74, 6) is 0. The fourth-order valence-electron chi connectivity index (χ4n) is 2.04. The van der Waals surface area contributed by atoms with E-state index >= 15 is 0 Å². The third kappa shape index (κ3) is 6.65. The molecule has 84 valence electrons. The van der Waals surface area contributed by atoms with E-state index < -0.39 is 5.09 Å². The first-order chi connectivity index (χ1) is 6.50. The first kappa shape index (κ1) is 13.2. The van der Waals surface area contributed by atoms with Gasteiger partial charge in [0.05, 0.1) is 31.8 Å². The van der Waals surface area contributed by atoms with E-state index in [-0.39, 0.29) is 0 Å². The second-order valence-corrected chi connectivity index (χ2v) is 4.07. The fraction of sp³-hybridized carbons (Fsp3) is 1.00. The normalized spacial score (nSPS) is 19.3. The van der Waals surface area contributed by atoms with Gasteiger partial charge in [0.15, 0.2) is 0 Å². The van der Waals surface area contributed by atoms with Crippen LogP contribution in [0.5, 0.6) is 0 Å². The minimum atomic E-state index is -1.75. The summed E-state index contributed by atoms with van der Waals surface area (Å²) in [4.78, 5) is 8.25. The van der Waals surface area contributed by atoms with Crippen LogP contribution < -0.4 is 0 Å². The molecule has 0 radical (unpaired) electrons. The van der Waals surface area contributed by atoms with Gasteiger partial charge in [-0.1, -0.05) is 6.92 Å². The Labute approximate surface area is 85.0 Å². The molecule has 0 N–H and O–H groups in total. The number of rotatable bonds is 2. The van der Waals surface area contributed by atoms with Crippen molar-refractivity contribution >= 4 is 0 Å². The molecule has 0 aromatic rings. The van der Waals surface area contributed by atoms with Gasteiger partial charge in [-0.3, -0.25) is 0 Å². The molecule has 0 aromatic heterocycles. The summed E-state index contributed by atoms with van der Waals surface area (Å²) in [5.41, 5.74) is 0. The summed E-state index contributed by atoms with van der Waals surface area (Å²) in [6.45, 7) is 6.53. The van der Waals surface area contributed by atoms with Crippen LogP contribution in [0.25, 0.3) is 0 Å². The number of nitrogens with zero attached hydrogens (tertiary/aromatic N) is 2. The number of likely N-dealkylation sites (tertiary alicyclic amines) is 1. The van der Waals surface area contributed by atoms with E-state index in [2.05, 4.69) is 14.0 Å². The van der Waals surface area contributed by atoms with Crippen molar-refractivity contribution in [3.63, 3.8) is 0 Å². The smallest absolute Gasteiger partial charge is 0.0784 e. The zero-order valence-electron chi connectivity index (χ0n) is 9.07. The van der Waals surface area contributed by atoms with Crippen LogP contribution in [0.2, 0.25) is 0 Å². The molecule has 14 heavy (non-hydrogen) atoms. The number of piperidine rings is 1. The summed E-state index contributed by atoms with van der Waals surface area (Å²) in [6, 6.07) is 0. The molecule has 0 saturated carbocycles. The van der Waals surface area contributed by atoms with Crippen molar-refractivity contribution in [3.8, 4) is 0 Å². The largest absolute Gasteiger partial charge is 0.356 e. The molecule has 5 nitrogen and oxygen atoms in total. The number of hydrogen-bond acceptors (Lipinski definition) is 3. The predicted octanol–water partition coefficient (Wildman–Crippen LogP) is 1.79. The van der Waals surface area contributed by atoms with Crippen molar-refractivity contribution < 1.29 is 9.57 Å². The highest BCUT2D eigenvalue weighted by Crippen LogP contribution is 2.15. The third-order valence-electron chi connectivity index (χ3n) is 2.66. The average Bonchev–Trinajstić information content (AvgIpc) is 2.04. The lowest BCUT2D eigenvalue weighted by molar-refractivity contribution is -0.914. The van der Waals surface area contributed by atoms with Crippen molar-refractivity contribution in [2.24, 2.45) is 0 Å². The van der Waals surface area contributed by atoms with Gasteiger partial charge in [0.25, 0.3) is 0 Å². The van der Waals surface area contributed by atoms with E-state index in [0.29, 0.717) is 0 Å². The van der Waals surface area contributed by atoms with E-state index in [4.69, 9.17) is 15.3 Å². The highest BCUT2D eigenvalue weighted by Gasteiger charge is 2.22. The Kier molecular flexibility index (Phi) is 6.19. The van der Waals surface area contributed by atoms with Crippen LogP contribution in [0.3, 0.4) is 0 Å². The molecule has 0 atom stereocenters. The van der Waals surface area contributed by atoms with Crippen LogP contribution in [0.4, 0.5) is 0 Å². The van der Waals surface area contributed by atoms with Crippen LogP contribution >= 0.6 is 0 Å². The van der Waals surface area contributed by atoms with Gasteiger partial charge in [-0.2, -0.15) is 0 Å². The molecule has 0 aliphatic carbocycles. The first-order valence-electron chi connectivity index (χ1n) is 5.15. The maximum atomic E-state index is 8.25. The highest BCUT2D eigenvalue weighted by atomic mass is 16.9. The summed E-state index contributed by atoms with van der Waals surface area (Å²) in [6.07, 6.45) is 5.72. The van der Waals surface area contributed by atoms with Crippen LogP contribution in [-0.2, 0) is 0 Å². The standard InChI is InChI=1S/C9H20N.NO3/c1-3-7-10(2)8-5-4-6-9-10;2-1(3)4/h3-9H2,1-2H3;/q+1;-1. The molecule has 1 aliphatic heterocycles. The minimum Gasteiger partial charge on any atom is -0.356 e. The molecule has 1 aliphatic rings. The molecule has 1 rings (SSSR count). The van der Waals surface area contributed by atoms with Crippen molar-refractivity contribution in [3.05, 3.63) is 15.3 Å². The molecule has 0 unspecified atom stereocenters. The summed E-state index contributed by atoms with van der Waals surface area (Å²) < 4.78 is 1.34. The molecular weight excluding hydrogens is 184 g/mol. The molecular formula is C9H20N2O3. The van der Waals surface area contributed by atoms with E-state index in [9.17, 15) is 0 Å². The van der Waals surface area contributed by atoms with Crippen LogP contribution in [0.15, 0.2) is 0 Å². The van der Waals surface area contributed by atoms with Gasteiger partial charge in [0.1, 0.15) is 0 Å². The average molecular weight is 204 g/mol. The van der Waals surface area contributed by atoms with Crippen LogP contribution in [0, 0.1) is 15.3 Å². The Balaban J connectivity index is 0.000000364. The lowest BCUT2D eigenvalue weighted by atomic mass is 10.1. The first-order valence-corrected chi connectivity index (χ1v) is 5.15. The van der Waals surface area contributed by atoms with Crippen LogP contribution in [0.1, 0.15) is 32.6 Å². The van der Waals surface area contributed by atoms with Gasteiger partial charge in [-0.05, 0) is 25.7 Å². The van der Waals surface area contributed by atoms with Gasteiger partial charge in [-0.15, -0.1) is 0 Å². The molecule has 5 heteroatoms. The summed E-state index contributed by atoms with van der Waals surface area (Å²) >= 11 is 0. The van der Waals surface area contributed by atoms with Crippen molar-refractivity contribution in [2.45, 2.75) is 32.6 Å². The Morgan fingerprint density at radius 3 is 2.00 bits per heavy atom. The van der Waals surface area contributed by atoms with Gasteiger partial charge in [0, 0.05) is 0 Å². The lowest BCUT2D eigenvalue weighted by Gasteiger charge is -2.37. The summed E-state index contributed by atoms with van der Waals surface area (Å²) in [7, 11) is 2.41. The lowest BCUT2D eigenvalue weighted by Crippen LogP contribution is -2.48. The topological polar surface area (TPSA) is 66.2 Å². The quantitative estimate of drug-likeness (QED) is 0.391. The molecule has 0 amide bonds. The van der Waals surface area contributed by atoms with Crippen molar-refractivity contribution in [1.29, 1.82) is 0 Å². The molecule has 1 fully saturated rings. The highest BCUT2D eigenvalue weighted by molar-refractivity contribution is 4.50. The Hall–Kier alpha value is -0.840. The monoisotopic (exact) mass is 204 g/mol. The molecule has 0 aromatic carbocycles. The van der Waals surface area contributed by atoms with Gasteiger partial charge in [0.2, 0.25) is 0 Å². The third-order valence-corrected chi connectivity index (χ3v) is 2.66. The van der Waals surface area contributed by atoms with Gasteiger partial charge in [-0.25, -0.2) is 0 Å². The van der Waals surface area contributed by atoms with Crippen molar-refractivity contribution in [2.75, 3.05) is 26.7 Å². The Bertz CT molecular complexity index is 158. The van der Waals surface area contributed by atoms with E-state index in [1.165, 1.54) is 49.8 Å². The van der Waals surface area contributed by atoms with Crippen LogP contribution in [-0.4, -0.2) is 36.3 Å². The Morgan fingerprint density at radius 1 is 1.21 bits per heavy atom. The number of quaternary nitrogens is 1. The Morgan fingerprint density at radius 2 is 1.64 bits per heavy atom. The van der Waals surface area contributed by atoms with Gasteiger partial charge < -0.3 is 19.8 Å².